The molecule has 0 aliphatic carbocycles. The van der Waals surface area contributed by atoms with Gasteiger partial charge in [-0.25, -0.2) is 4.98 Å². The molecule has 0 saturated heterocycles. The van der Waals surface area contributed by atoms with Crippen LogP contribution in [0.4, 0.5) is 5.82 Å². The highest BCUT2D eigenvalue weighted by Gasteiger charge is 2.15. The number of hydrogen-bond acceptors (Lipinski definition) is 3. The van der Waals surface area contributed by atoms with Crippen molar-refractivity contribution in [2.75, 3.05) is 5.73 Å². The van der Waals surface area contributed by atoms with Crippen molar-refractivity contribution in [2.24, 2.45) is 5.41 Å². The molecule has 0 saturated carbocycles. The van der Waals surface area contributed by atoms with Gasteiger partial charge in [0.25, 0.3) is 0 Å². The van der Waals surface area contributed by atoms with Crippen LogP contribution in [0.15, 0.2) is 30.5 Å². The maximum atomic E-state index is 5.95. The van der Waals surface area contributed by atoms with E-state index in [9.17, 15) is 0 Å². The van der Waals surface area contributed by atoms with Gasteiger partial charge in [0.15, 0.2) is 5.82 Å². The van der Waals surface area contributed by atoms with E-state index in [1.54, 1.807) is 10.9 Å². The van der Waals surface area contributed by atoms with Crippen molar-refractivity contribution < 1.29 is 0 Å². The molecule has 4 heteroatoms. The number of nitrogens with zero attached hydrogens (tertiary/aromatic N) is 3. The predicted octanol–water partition coefficient (Wildman–Crippen LogP) is 2.44. The molecule has 0 aliphatic rings. The van der Waals surface area contributed by atoms with Gasteiger partial charge in [0.05, 0.1) is 5.69 Å². The van der Waals surface area contributed by atoms with Crippen LogP contribution in [0.1, 0.15) is 26.5 Å². The lowest BCUT2D eigenvalue weighted by Crippen LogP contribution is -2.10. The molecule has 0 unspecified atom stereocenters. The molecule has 0 fully saturated rings. The van der Waals surface area contributed by atoms with Gasteiger partial charge in [-0.15, -0.1) is 0 Å². The van der Waals surface area contributed by atoms with Crippen LogP contribution in [-0.4, -0.2) is 14.8 Å². The lowest BCUT2D eigenvalue weighted by molar-refractivity contribution is 0.405. The van der Waals surface area contributed by atoms with Crippen LogP contribution in [0.5, 0.6) is 0 Å². The molecule has 0 amide bonds. The third kappa shape index (κ3) is 2.84. The molecule has 17 heavy (non-hydrogen) atoms. The Labute approximate surface area is 101 Å². The fourth-order valence-electron chi connectivity index (χ4n) is 1.74. The molecule has 0 aromatic carbocycles. The van der Waals surface area contributed by atoms with Crippen molar-refractivity contribution in [2.45, 2.75) is 27.2 Å². The van der Waals surface area contributed by atoms with E-state index in [0.717, 1.165) is 17.9 Å². The smallest absolute Gasteiger partial charge is 0.155 e. The maximum absolute atomic E-state index is 5.95. The number of aromatic nitrogens is 3. The number of nitrogen functional groups attached to an aromatic ring is 1. The molecule has 2 N–H and O–H groups in total. The van der Waals surface area contributed by atoms with Crippen molar-refractivity contribution in [1.29, 1.82) is 0 Å². The van der Waals surface area contributed by atoms with Crippen molar-refractivity contribution >= 4 is 5.82 Å². The zero-order valence-corrected chi connectivity index (χ0v) is 10.5. The molecular formula is C13H18N4. The van der Waals surface area contributed by atoms with E-state index in [-0.39, 0.29) is 5.41 Å². The van der Waals surface area contributed by atoms with E-state index in [0.29, 0.717) is 5.82 Å². The molecule has 2 heterocycles. The fraction of sp³-hybridized carbons (Fsp3) is 0.385. The van der Waals surface area contributed by atoms with Gasteiger partial charge in [-0.05, 0) is 24.0 Å². The lowest BCUT2D eigenvalue weighted by atomic mass is 9.91. The summed E-state index contributed by atoms with van der Waals surface area (Å²) in [5.41, 5.74) is 7.16. The summed E-state index contributed by atoms with van der Waals surface area (Å²) in [5, 5.41) is 4.49. The van der Waals surface area contributed by atoms with Gasteiger partial charge in [0, 0.05) is 12.3 Å². The number of anilines is 1. The second-order valence-corrected chi connectivity index (χ2v) is 5.40. The van der Waals surface area contributed by atoms with Crippen molar-refractivity contribution in [3.05, 3.63) is 36.2 Å². The Balaban J connectivity index is 2.32. The molecule has 0 radical (unpaired) electrons. The first-order valence-electron chi connectivity index (χ1n) is 5.71. The van der Waals surface area contributed by atoms with Crippen LogP contribution in [0.25, 0.3) is 5.82 Å². The summed E-state index contributed by atoms with van der Waals surface area (Å²) in [7, 11) is 0. The van der Waals surface area contributed by atoms with Gasteiger partial charge >= 0.3 is 0 Å². The summed E-state index contributed by atoms with van der Waals surface area (Å²) in [6.45, 7) is 6.55. The molecule has 4 nitrogen and oxygen atoms in total. The third-order valence-corrected chi connectivity index (χ3v) is 2.37. The summed E-state index contributed by atoms with van der Waals surface area (Å²) in [6.07, 6.45) is 2.64. The first-order chi connectivity index (χ1) is 7.96. The van der Waals surface area contributed by atoms with Crippen LogP contribution in [0, 0.1) is 5.41 Å². The van der Waals surface area contributed by atoms with E-state index >= 15 is 0 Å². The number of rotatable bonds is 2. The zero-order chi connectivity index (χ0) is 12.5. The monoisotopic (exact) mass is 230 g/mol. The quantitative estimate of drug-likeness (QED) is 0.862. The Morgan fingerprint density at radius 3 is 2.65 bits per heavy atom. The van der Waals surface area contributed by atoms with E-state index in [1.165, 1.54) is 0 Å². The first kappa shape index (κ1) is 11.6. The van der Waals surface area contributed by atoms with Gasteiger partial charge < -0.3 is 5.73 Å². The van der Waals surface area contributed by atoms with Crippen LogP contribution in [0.3, 0.4) is 0 Å². The molecule has 0 atom stereocenters. The van der Waals surface area contributed by atoms with Gasteiger partial charge in [0.2, 0.25) is 0 Å². The summed E-state index contributed by atoms with van der Waals surface area (Å²) < 4.78 is 1.68. The minimum atomic E-state index is 0.204. The van der Waals surface area contributed by atoms with E-state index in [1.807, 2.05) is 24.3 Å². The van der Waals surface area contributed by atoms with Gasteiger partial charge in [0.1, 0.15) is 5.82 Å². The predicted molar refractivity (Wildman–Crippen MR) is 68.9 cm³/mol. The van der Waals surface area contributed by atoms with Gasteiger partial charge in [-0.3, -0.25) is 0 Å². The van der Waals surface area contributed by atoms with Crippen LogP contribution in [0.2, 0.25) is 0 Å². The summed E-state index contributed by atoms with van der Waals surface area (Å²) in [5.74, 6) is 1.38. The molecule has 90 valence electrons. The Morgan fingerprint density at radius 2 is 2.06 bits per heavy atom. The first-order valence-corrected chi connectivity index (χ1v) is 5.71. The average molecular weight is 230 g/mol. The van der Waals surface area contributed by atoms with Crippen molar-refractivity contribution in [1.82, 2.24) is 14.8 Å². The Bertz CT molecular complexity index is 494. The highest BCUT2D eigenvalue weighted by molar-refractivity contribution is 5.39. The molecular weight excluding hydrogens is 212 g/mol. The van der Waals surface area contributed by atoms with Gasteiger partial charge in [-0.1, -0.05) is 26.8 Å². The highest BCUT2D eigenvalue weighted by Crippen LogP contribution is 2.22. The summed E-state index contributed by atoms with van der Waals surface area (Å²) >= 11 is 0. The SMILES string of the molecule is CC(C)(C)Cc1cc(N)n(-c2ccccn2)n1. The number of pyridine rings is 1. The average Bonchev–Trinajstić information content (AvgIpc) is 2.58. The molecule has 2 aromatic heterocycles. The minimum absolute atomic E-state index is 0.204. The Kier molecular flexibility index (Phi) is 2.88. The topological polar surface area (TPSA) is 56.7 Å². The highest BCUT2D eigenvalue weighted by atomic mass is 15.3. The fourth-order valence-corrected chi connectivity index (χ4v) is 1.74. The second-order valence-electron chi connectivity index (χ2n) is 5.40. The normalized spacial score (nSPS) is 11.7. The van der Waals surface area contributed by atoms with E-state index in [2.05, 4.69) is 30.9 Å². The third-order valence-electron chi connectivity index (χ3n) is 2.37. The molecule has 2 aromatic rings. The minimum Gasteiger partial charge on any atom is -0.384 e. The zero-order valence-electron chi connectivity index (χ0n) is 10.5. The molecule has 0 aliphatic heterocycles. The lowest BCUT2D eigenvalue weighted by Gasteiger charge is -2.15. The molecule has 0 spiro atoms. The van der Waals surface area contributed by atoms with Crippen molar-refractivity contribution in [3.8, 4) is 5.82 Å². The number of nitrogens with two attached hydrogens (primary N) is 1. The summed E-state index contributed by atoms with van der Waals surface area (Å²) in [4.78, 5) is 4.24. The van der Waals surface area contributed by atoms with Crippen LogP contribution >= 0.6 is 0 Å². The molecule has 0 bridgehead atoms. The van der Waals surface area contributed by atoms with E-state index in [4.69, 9.17) is 5.73 Å². The number of hydrogen-bond donors (Lipinski definition) is 1. The second kappa shape index (κ2) is 4.20. The van der Waals surface area contributed by atoms with Crippen LogP contribution in [-0.2, 0) is 6.42 Å². The molecule has 2 rings (SSSR count). The van der Waals surface area contributed by atoms with Crippen LogP contribution < -0.4 is 5.73 Å². The van der Waals surface area contributed by atoms with Crippen molar-refractivity contribution in [3.63, 3.8) is 0 Å². The summed E-state index contributed by atoms with van der Waals surface area (Å²) in [6, 6.07) is 7.61. The van der Waals surface area contributed by atoms with Gasteiger partial charge in [-0.2, -0.15) is 9.78 Å². The Hall–Kier alpha value is -1.84. The van der Waals surface area contributed by atoms with E-state index < -0.39 is 0 Å². The Morgan fingerprint density at radius 1 is 1.29 bits per heavy atom. The standard InChI is InChI=1S/C13H18N4/c1-13(2,3)9-10-8-11(14)17(16-10)12-6-4-5-7-15-12/h4-8H,9,14H2,1-3H3. The largest absolute Gasteiger partial charge is 0.384 e. The maximum Gasteiger partial charge on any atom is 0.155 e.